The van der Waals surface area contributed by atoms with Crippen LogP contribution in [-0.2, 0) is 11.2 Å². The Morgan fingerprint density at radius 1 is 1.25 bits per heavy atom. The van der Waals surface area contributed by atoms with Gasteiger partial charge in [-0.1, -0.05) is 12.1 Å². The van der Waals surface area contributed by atoms with Crippen LogP contribution in [0.4, 0.5) is 0 Å². The van der Waals surface area contributed by atoms with E-state index in [0.29, 0.717) is 24.7 Å². The molecule has 7 heteroatoms. The minimum atomic E-state index is -0.239. The number of ether oxygens (including phenoxy) is 3. The smallest absolute Gasteiger partial charge is 0.260 e. The third kappa shape index (κ3) is 4.18. The van der Waals surface area contributed by atoms with Gasteiger partial charge in [0.1, 0.15) is 11.7 Å². The maximum absolute atomic E-state index is 12.6. The van der Waals surface area contributed by atoms with Gasteiger partial charge in [0.05, 0.1) is 0 Å². The van der Waals surface area contributed by atoms with E-state index in [0.717, 1.165) is 30.6 Å². The number of fused-ring (bicyclic) bond motifs is 1. The van der Waals surface area contributed by atoms with Gasteiger partial charge in [-0.05, 0) is 26.0 Å². The maximum Gasteiger partial charge on any atom is 0.260 e. The molecule has 2 aromatic rings. The largest absolute Gasteiger partial charge is 0.483 e. The highest BCUT2D eigenvalue weighted by atomic mass is 16.5. The van der Waals surface area contributed by atoms with Crippen molar-refractivity contribution in [3.8, 4) is 17.4 Å². The SMILES string of the molecule is CC1(C)Cc2cccc(OCC(=O)N3CCC(Oc4cccnn4)CC3)c2O1. The molecule has 28 heavy (non-hydrogen) atoms. The van der Waals surface area contributed by atoms with Gasteiger partial charge >= 0.3 is 0 Å². The molecule has 0 N–H and O–H groups in total. The third-order valence-electron chi connectivity index (χ3n) is 5.04. The fourth-order valence-electron chi connectivity index (χ4n) is 3.68. The summed E-state index contributed by atoms with van der Waals surface area (Å²) in [4.78, 5) is 14.4. The minimum absolute atomic E-state index is 0.00985. The number of carbonyl (C=O) groups excluding carboxylic acids is 1. The molecule has 0 atom stereocenters. The van der Waals surface area contributed by atoms with Gasteiger partial charge in [0.15, 0.2) is 18.1 Å². The molecule has 3 heterocycles. The molecule has 0 radical (unpaired) electrons. The zero-order valence-corrected chi connectivity index (χ0v) is 16.3. The van der Waals surface area contributed by atoms with Crippen molar-refractivity contribution in [2.45, 2.75) is 44.8 Å². The van der Waals surface area contributed by atoms with Crippen molar-refractivity contribution in [1.29, 1.82) is 0 Å². The summed E-state index contributed by atoms with van der Waals surface area (Å²) in [5.41, 5.74) is 0.883. The van der Waals surface area contributed by atoms with Gasteiger partial charge in [-0.25, -0.2) is 0 Å². The molecule has 4 rings (SSSR count). The zero-order chi connectivity index (χ0) is 19.6. The molecule has 0 unspecified atom stereocenters. The first-order valence-electron chi connectivity index (χ1n) is 9.66. The van der Waals surface area contributed by atoms with Crippen LogP contribution in [0.25, 0.3) is 0 Å². The number of nitrogens with zero attached hydrogens (tertiary/aromatic N) is 3. The van der Waals surface area contributed by atoms with Crippen LogP contribution < -0.4 is 14.2 Å². The molecule has 1 fully saturated rings. The summed E-state index contributed by atoms with van der Waals surface area (Å²) in [5, 5.41) is 7.76. The first kappa shape index (κ1) is 18.5. The number of amides is 1. The van der Waals surface area contributed by atoms with E-state index in [-0.39, 0.29) is 24.2 Å². The summed E-state index contributed by atoms with van der Waals surface area (Å²) in [6.07, 6.45) is 4.03. The molecule has 0 spiro atoms. The Kier molecular flexibility index (Phi) is 5.07. The standard InChI is InChI=1S/C21H25N3O4/c1-21(2)13-15-5-3-6-17(20(15)28-21)26-14-19(25)24-11-8-16(9-12-24)27-18-7-4-10-22-23-18/h3-7,10,16H,8-9,11-14H2,1-2H3. The molecule has 1 saturated heterocycles. The number of piperidine rings is 1. The lowest BCUT2D eigenvalue weighted by Crippen LogP contribution is -2.43. The number of aromatic nitrogens is 2. The molecule has 7 nitrogen and oxygen atoms in total. The second-order valence-corrected chi connectivity index (χ2v) is 7.83. The Morgan fingerprint density at radius 2 is 2.07 bits per heavy atom. The van der Waals surface area contributed by atoms with Gasteiger partial charge in [-0.2, -0.15) is 5.10 Å². The van der Waals surface area contributed by atoms with Gasteiger partial charge < -0.3 is 19.1 Å². The molecule has 0 aliphatic carbocycles. The summed E-state index contributed by atoms with van der Waals surface area (Å²) < 4.78 is 17.6. The summed E-state index contributed by atoms with van der Waals surface area (Å²) >= 11 is 0. The molecule has 1 aromatic carbocycles. The highest BCUT2D eigenvalue weighted by Gasteiger charge is 2.32. The fraction of sp³-hybridized carbons (Fsp3) is 0.476. The number of carbonyl (C=O) groups is 1. The summed E-state index contributed by atoms with van der Waals surface area (Å²) in [6, 6.07) is 9.43. The van der Waals surface area contributed by atoms with Crippen LogP contribution in [0.2, 0.25) is 0 Å². The number of benzene rings is 1. The van der Waals surface area contributed by atoms with Crippen molar-refractivity contribution >= 4 is 5.91 Å². The molecular weight excluding hydrogens is 358 g/mol. The molecule has 148 valence electrons. The monoisotopic (exact) mass is 383 g/mol. The van der Waals surface area contributed by atoms with Gasteiger partial charge in [-0.3, -0.25) is 4.79 Å². The van der Waals surface area contributed by atoms with Crippen LogP contribution in [0.15, 0.2) is 36.5 Å². The van der Waals surface area contributed by atoms with Crippen molar-refractivity contribution in [2.24, 2.45) is 0 Å². The molecule has 1 aromatic heterocycles. The second kappa shape index (κ2) is 7.66. The highest BCUT2D eigenvalue weighted by Crippen LogP contribution is 2.41. The van der Waals surface area contributed by atoms with Crippen LogP contribution in [0, 0.1) is 0 Å². The molecular formula is C21H25N3O4. The van der Waals surface area contributed by atoms with E-state index >= 15 is 0 Å². The van der Waals surface area contributed by atoms with Crippen molar-refractivity contribution in [3.05, 3.63) is 42.1 Å². The van der Waals surface area contributed by atoms with E-state index in [1.165, 1.54) is 0 Å². The van der Waals surface area contributed by atoms with E-state index in [4.69, 9.17) is 14.2 Å². The summed E-state index contributed by atoms with van der Waals surface area (Å²) in [5.74, 6) is 1.90. The molecule has 2 aliphatic rings. The van der Waals surface area contributed by atoms with Crippen molar-refractivity contribution in [3.63, 3.8) is 0 Å². The first-order valence-corrected chi connectivity index (χ1v) is 9.66. The molecule has 1 amide bonds. The van der Waals surface area contributed by atoms with Gasteiger partial charge in [-0.15, -0.1) is 5.10 Å². The topological polar surface area (TPSA) is 73.8 Å². The quantitative estimate of drug-likeness (QED) is 0.790. The molecule has 2 aliphatic heterocycles. The maximum atomic E-state index is 12.6. The Bertz CT molecular complexity index is 833. The van der Waals surface area contributed by atoms with E-state index in [1.54, 1.807) is 18.3 Å². The Labute approximate surface area is 164 Å². The lowest BCUT2D eigenvalue weighted by molar-refractivity contribution is -0.135. The third-order valence-corrected chi connectivity index (χ3v) is 5.04. The summed E-state index contributed by atoms with van der Waals surface area (Å²) in [6.45, 7) is 5.40. The lowest BCUT2D eigenvalue weighted by Gasteiger charge is -2.31. The number of hydrogen-bond acceptors (Lipinski definition) is 6. The predicted octanol–water partition coefficient (Wildman–Crippen LogP) is 2.64. The second-order valence-electron chi connectivity index (χ2n) is 7.83. The Balaban J connectivity index is 1.28. The number of hydrogen-bond donors (Lipinski definition) is 0. The van der Waals surface area contributed by atoms with E-state index in [2.05, 4.69) is 24.0 Å². The minimum Gasteiger partial charge on any atom is -0.483 e. The van der Waals surface area contributed by atoms with Crippen LogP contribution >= 0.6 is 0 Å². The van der Waals surface area contributed by atoms with Crippen LogP contribution in [-0.4, -0.2) is 52.4 Å². The molecule has 0 bridgehead atoms. The van der Waals surface area contributed by atoms with Crippen LogP contribution in [0.3, 0.4) is 0 Å². The highest BCUT2D eigenvalue weighted by molar-refractivity contribution is 5.78. The van der Waals surface area contributed by atoms with Gasteiger partial charge in [0.2, 0.25) is 5.88 Å². The van der Waals surface area contributed by atoms with Crippen LogP contribution in [0.1, 0.15) is 32.3 Å². The van der Waals surface area contributed by atoms with Crippen molar-refractivity contribution in [1.82, 2.24) is 15.1 Å². The summed E-state index contributed by atoms with van der Waals surface area (Å²) in [7, 11) is 0. The average Bonchev–Trinajstić information content (AvgIpc) is 3.02. The number of para-hydroxylation sites is 1. The van der Waals surface area contributed by atoms with Crippen molar-refractivity contribution < 1.29 is 19.0 Å². The zero-order valence-electron chi connectivity index (χ0n) is 16.3. The Morgan fingerprint density at radius 3 is 2.82 bits per heavy atom. The van der Waals surface area contributed by atoms with E-state index < -0.39 is 0 Å². The van der Waals surface area contributed by atoms with Gasteiger partial charge in [0, 0.05) is 50.2 Å². The lowest BCUT2D eigenvalue weighted by atomic mass is 10.0. The van der Waals surface area contributed by atoms with Crippen LogP contribution in [0.5, 0.6) is 17.4 Å². The van der Waals surface area contributed by atoms with Crippen molar-refractivity contribution in [2.75, 3.05) is 19.7 Å². The van der Waals surface area contributed by atoms with E-state index in [9.17, 15) is 4.79 Å². The molecule has 0 saturated carbocycles. The van der Waals surface area contributed by atoms with E-state index in [1.807, 2.05) is 23.1 Å². The fourth-order valence-corrected chi connectivity index (χ4v) is 3.68. The number of likely N-dealkylation sites (tertiary alicyclic amines) is 1. The average molecular weight is 383 g/mol. The number of rotatable bonds is 5. The predicted molar refractivity (Wildman–Crippen MR) is 103 cm³/mol. The van der Waals surface area contributed by atoms with Gasteiger partial charge in [0.25, 0.3) is 5.91 Å². The first-order chi connectivity index (χ1) is 13.5. The normalized spacial score (nSPS) is 18.3. The Hall–Kier alpha value is -2.83.